The standard InChI is InChI=1S/C19H24O3/c1-11(20)13-8-12(21)9-14-17(13)15(22)10-16-18(2,3)6-5-7-19(14,16)4/h8-9,16,21H,5-7,10H2,1-4H3/t16-,19+/m1/s1. The molecule has 0 saturated heterocycles. The number of ketones is 2. The monoisotopic (exact) mass is 300 g/mol. The molecule has 1 saturated carbocycles. The van der Waals surface area contributed by atoms with Crippen molar-refractivity contribution in [3.63, 3.8) is 0 Å². The summed E-state index contributed by atoms with van der Waals surface area (Å²) in [5.74, 6) is 0.243. The number of rotatable bonds is 1. The Kier molecular flexibility index (Phi) is 3.24. The Hall–Kier alpha value is -1.64. The molecule has 0 spiro atoms. The molecule has 2 aliphatic rings. The summed E-state index contributed by atoms with van der Waals surface area (Å²) in [6.45, 7) is 8.14. The number of phenols is 1. The molecule has 1 fully saturated rings. The van der Waals surface area contributed by atoms with Gasteiger partial charge >= 0.3 is 0 Å². The molecule has 22 heavy (non-hydrogen) atoms. The molecule has 1 N–H and O–H groups in total. The van der Waals surface area contributed by atoms with Crippen LogP contribution in [0.5, 0.6) is 5.75 Å². The molecular formula is C19H24O3. The Morgan fingerprint density at radius 3 is 2.55 bits per heavy atom. The van der Waals surface area contributed by atoms with Crippen molar-refractivity contribution in [3.05, 3.63) is 28.8 Å². The second kappa shape index (κ2) is 4.68. The third kappa shape index (κ3) is 2.02. The van der Waals surface area contributed by atoms with Gasteiger partial charge in [-0.2, -0.15) is 0 Å². The van der Waals surface area contributed by atoms with Crippen LogP contribution < -0.4 is 0 Å². The molecule has 0 aromatic heterocycles. The first-order chi connectivity index (χ1) is 10.2. The minimum atomic E-state index is -0.155. The summed E-state index contributed by atoms with van der Waals surface area (Å²) in [7, 11) is 0. The highest BCUT2D eigenvalue weighted by atomic mass is 16.3. The highest BCUT2D eigenvalue weighted by Crippen LogP contribution is 2.57. The zero-order valence-electron chi connectivity index (χ0n) is 13.8. The van der Waals surface area contributed by atoms with Crippen molar-refractivity contribution in [1.82, 2.24) is 0 Å². The summed E-state index contributed by atoms with van der Waals surface area (Å²) in [5.41, 5.74) is 1.77. The zero-order chi connectivity index (χ0) is 16.3. The third-order valence-electron chi connectivity index (χ3n) is 6.02. The Bertz CT molecular complexity index is 672. The maximum atomic E-state index is 12.8. The fourth-order valence-electron chi connectivity index (χ4n) is 4.89. The van der Waals surface area contributed by atoms with E-state index in [1.165, 1.54) is 13.0 Å². The van der Waals surface area contributed by atoms with Gasteiger partial charge in [-0.1, -0.05) is 27.2 Å². The van der Waals surface area contributed by atoms with E-state index in [0.717, 1.165) is 24.8 Å². The lowest BCUT2D eigenvalue weighted by atomic mass is 9.50. The second-order valence-corrected chi connectivity index (χ2v) is 7.91. The number of aromatic hydroxyl groups is 1. The van der Waals surface area contributed by atoms with Gasteiger partial charge in [0.05, 0.1) is 0 Å². The van der Waals surface area contributed by atoms with Crippen molar-refractivity contribution in [2.75, 3.05) is 0 Å². The van der Waals surface area contributed by atoms with Gasteiger partial charge < -0.3 is 5.11 Å². The fraction of sp³-hybridized carbons (Fsp3) is 0.579. The molecule has 1 aromatic carbocycles. The maximum Gasteiger partial charge on any atom is 0.164 e. The first-order valence-corrected chi connectivity index (χ1v) is 8.08. The van der Waals surface area contributed by atoms with Crippen molar-refractivity contribution in [2.24, 2.45) is 11.3 Å². The van der Waals surface area contributed by atoms with E-state index in [9.17, 15) is 14.7 Å². The second-order valence-electron chi connectivity index (χ2n) is 7.91. The van der Waals surface area contributed by atoms with E-state index in [-0.39, 0.29) is 34.1 Å². The molecule has 0 aliphatic heterocycles. The van der Waals surface area contributed by atoms with E-state index >= 15 is 0 Å². The van der Waals surface area contributed by atoms with Gasteiger partial charge in [0.15, 0.2) is 11.6 Å². The topological polar surface area (TPSA) is 54.4 Å². The van der Waals surface area contributed by atoms with Crippen LogP contribution in [0.1, 0.15) is 79.7 Å². The van der Waals surface area contributed by atoms with Crippen molar-refractivity contribution >= 4 is 11.6 Å². The lowest BCUT2D eigenvalue weighted by Crippen LogP contribution is -2.49. The number of benzene rings is 1. The number of carbonyl (C=O) groups is 2. The Morgan fingerprint density at radius 1 is 1.23 bits per heavy atom. The summed E-state index contributed by atoms with van der Waals surface area (Å²) in [5, 5.41) is 10.1. The van der Waals surface area contributed by atoms with E-state index in [1.54, 1.807) is 6.07 Å². The largest absolute Gasteiger partial charge is 0.508 e. The molecule has 3 rings (SSSR count). The van der Waals surface area contributed by atoms with Gasteiger partial charge in [0.1, 0.15) is 5.75 Å². The Morgan fingerprint density at radius 2 is 1.91 bits per heavy atom. The highest BCUT2D eigenvalue weighted by molar-refractivity contribution is 6.10. The number of phenolic OH excluding ortho intramolecular Hbond substituents is 1. The van der Waals surface area contributed by atoms with Crippen LogP contribution in [0.15, 0.2) is 12.1 Å². The third-order valence-corrected chi connectivity index (χ3v) is 6.02. The summed E-state index contributed by atoms with van der Waals surface area (Å²) in [6, 6.07) is 3.16. The number of hydrogen-bond donors (Lipinski definition) is 1. The van der Waals surface area contributed by atoms with Crippen LogP contribution in [0.3, 0.4) is 0 Å². The van der Waals surface area contributed by atoms with Crippen LogP contribution >= 0.6 is 0 Å². The predicted molar refractivity (Wildman–Crippen MR) is 85.5 cm³/mol. The minimum absolute atomic E-state index is 0.0534. The van der Waals surface area contributed by atoms with Gasteiger partial charge in [-0.25, -0.2) is 0 Å². The van der Waals surface area contributed by atoms with Crippen molar-refractivity contribution in [1.29, 1.82) is 0 Å². The van der Waals surface area contributed by atoms with Crippen LogP contribution in [-0.2, 0) is 5.41 Å². The van der Waals surface area contributed by atoms with Gasteiger partial charge in [-0.05, 0) is 54.2 Å². The molecule has 0 heterocycles. The predicted octanol–water partition coefficient (Wildman–Crippen LogP) is 4.27. The van der Waals surface area contributed by atoms with Crippen molar-refractivity contribution in [2.45, 2.75) is 58.8 Å². The summed E-state index contributed by atoms with van der Waals surface area (Å²) >= 11 is 0. The van der Waals surface area contributed by atoms with Crippen LogP contribution in [0.25, 0.3) is 0 Å². The van der Waals surface area contributed by atoms with Gasteiger partial charge in [0.25, 0.3) is 0 Å². The van der Waals surface area contributed by atoms with Gasteiger partial charge in [0, 0.05) is 17.5 Å². The van der Waals surface area contributed by atoms with Gasteiger partial charge in [-0.15, -0.1) is 0 Å². The quantitative estimate of drug-likeness (QED) is 0.788. The van der Waals surface area contributed by atoms with Gasteiger partial charge in [0.2, 0.25) is 0 Å². The zero-order valence-corrected chi connectivity index (χ0v) is 13.8. The lowest BCUT2D eigenvalue weighted by Gasteiger charge is -2.54. The van der Waals surface area contributed by atoms with Crippen LogP contribution in [-0.4, -0.2) is 16.7 Å². The molecule has 3 heteroatoms. The van der Waals surface area contributed by atoms with Crippen LogP contribution in [0.2, 0.25) is 0 Å². The molecule has 0 radical (unpaired) electrons. The molecule has 3 nitrogen and oxygen atoms in total. The summed E-state index contributed by atoms with van der Waals surface area (Å²) in [4.78, 5) is 24.7. The maximum absolute atomic E-state index is 12.8. The molecule has 1 aromatic rings. The average Bonchev–Trinajstić information content (AvgIpc) is 2.40. The SMILES string of the molecule is CC(=O)c1cc(O)cc2c1C(=O)C[C@@H]1C(C)(C)CCC[C@@]21C. The van der Waals surface area contributed by atoms with Gasteiger partial charge in [-0.3, -0.25) is 9.59 Å². The first-order valence-electron chi connectivity index (χ1n) is 8.08. The fourth-order valence-corrected chi connectivity index (χ4v) is 4.89. The normalized spacial score (nSPS) is 29.6. The smallest absolute Gasteiger partial charge is 0.164 e. The molecule has 2 aliphatic carbocycles. The van der Waals surface area contributed by atoms with Crippen LogP contribution in [0.4, 0.5) is 0 Å². The molecule has 0 bridgehead atoms. The highest BCUT2D eigenvalue weighted by Gasteiger charge is 2.52. The summed E-state index contributed by atoms with van der Waals surface area (Å²) < 4.78 is 0. The number of fused-ring (bicyclic) bond motifs is 3. The van der Waals surface area contributed by atoms with Crippen LogP contribution in [0, 0.1) is 11.3 Å². The lowest BCUT2D eigenvalue weighted by molar-refractivity contribution is 0.0366. The number of carbonyl (C=O) groups excluding carboxylic acids is 2. The molecule has 2 atom stereocenters. The minimum Gasteiger partial charge on any atom is -0.508 e. The molecule has 118 valence electrons. The van der Waals surface area contributed by atoms with E-state index in [1.807, 2.05) is 0 Å². The first kappa shape index (κ1) is 15.3. The van der Waals surface area contributed by atoms with E-state index in [2.05, 4.69) is 20.8 Å². The van der Waals surface area contributed by atoms with Crippen molar-refractivity contribution < 1.29 is 14.7 Å². The Balaban J connectivity index is 2.29. The molecular weight excluding hydrogens is 276 g/mol. The molecule has 0 amide bonds. The van der Waals surface area contributed by atoms with E-state index in [4.69, 9.17) is 0 Å². The number of hydrogen-bond acceptors (Lipinski definition) is 3. The van der Waals surface area contributed by atoms with E-state index < -0.39 is 0 Å². The number of Topliss-reactive ketones (excluding diaryl/α,β-unsaturated/α-hetero) is 2. The average molecular weight is 300 g/mol. The molecule has 0 unspecified atom stereocenters. The Labute approximate surface area is 131 Å². The van der Waals surface area contributed by atoms with E-state index in [0.29, 0.717) is 17.5 Å². The summed E-state index contributed by atoms with van der Waals surface area (Å²) in [6.07, 6.45) is 3.73. The van der Waals surface area contributed by atoms with Crippen molar-refractivity contribution in [3.8, 4) is 5.75 Å².